The van der Waals surface area contributed by atoms with E-state index in [2.05, 4.69) is 15.5 Å². The van der Waals surface area contributed by atoms with Crippen LogP contribution in [-0.4, -0.2) is 21.0 Å². The molecular formula is C22H15ClN4O4S. The standard InChI is InChI=1S/C22H15ClN4O4S/c23-18(12-17-10-11-19(31-17)15-6-8-16(9-7-15)27(29)30)21-25-26-22(32-21)20(28)24-13-14-4-2-1-3-5-14/h1-12H,13H2,(H,24,28)/b18-12-. The van der Waals surface area contributed by atoms with Gasteiger partial charge in [-0.25, -0.2) is 0 Å². The number of rotatable bonds is 7. The quantitative estimate of drug-likeness (QED) is 0.289. The molecule has 2 heterocycles. The third kappa shape index (κ3) is 5.08. The molecule has 0 aliphatic carbocycles. The van der Waals surface area contributed by atoms with Crippen molar-refractivity contribution < 1.29 is 14.1 Å². The highest BCUT2D eigenvalue weighted by Gasteiger charge is 2.15. The first-order chi connectivity index (χ1) is 15.5. The molecule has 0 bridgehead atoms. The van der Waals surface area contributed by atoms with Crippen LogP contribution in [0.3, 0.4) is 0 Å². The molecule has 8 nitrogen and oxygen atoms in total. The molecule has 0 spiro atoms. The summed E-state index contributed by atoms with van der Waals surface area (Å²) in [5.41, 5.74) is 1.67. The second kappa shape index (κ2) is 9.54. The Morgan fingerprint density at radius 1 is 1.06 bits per heavy atom. The van der Waals surface area contributed by atoms with Crippen molar-refractivity contribution in [1.29, 1.82) is 0 Å². The Balaban J connectivity index is 1.43. The van der Waals surface area contributed by atoms with Crippen molar-refractivity contribution in [1.82, 2.24) is 15.5 Å². The topological polar surface area (TPSA) is 111 Å². The number of nitrogens with zero attached hydrogens (tertiary/aromatic N) is 3. The number of aromatic nitrogens is 2. The van der Waals surface area contributed by atoms with E-state index in [1.165, 1.54) is 12.1 Å². The highest BCUT2D eigenvalue weighted by molar-refractivity contribution is 7.15. The van der Waals surface area contributed by atoms with E-state index in [0.29, 0.717) is 28.6 Å². The molecule has 0 aliphatic heterocycles. The van der Waals surface area contributed by atoms with Gasteiger partial charge in [-0.2, -0.15) is 0 Å². The van der Waals surface area contributed by atoms with Crippen molar-refractivity contribution in [3.63, 3.8) is 0 Å². The van der Waals surface area contributed by atoms with Gasteiger partial charge in [-0.15, -0.1) is 10.2 Å². The number of carbonyl (C=O) groups is 1. The SMILES string of the molecule is O=C(NCc1ccccc1)c1nnc(/C(Cl)=C/c2ccc(-c3ccc([N+](=O)[O-])cc3)o2)s1. The van der Waals surface area contributed by atoms with Crippen LogP contribution in [0.2, 0.25) is 0 Å². The molecule has 1 amide bonds. The Hall–Kier alpha value is -3.82. The van der Waals surface area contributed by atoms with Gasteiger partial charge in [0.2, 0.25) is 5.01 Å². The first kappa shape index (κ1) is 21.4. The number of hydrogen-bond acceptors (Lipinski definition) is 7. The Bertz CT molecular complexity index is 1280. The average Bonchev–Trinajstić information content (AvgIpc) is 3.48. The van der Waals surface area contributed by atoms with Crippen molar-refractivity contribution in [2.75, 3.05) is 0 Å². The predicted molar refractivity (Wildman–Crippen MR) is 122 cm³/mol. The van der Waals surface area contributed by atoms with E-state index < -0.39 is 4.92 Å². The maximum atomic E-state index is 12.3. The first-order valence-corrected chi connectivity index (χ1v) is 10.6. The third-order valence-corrected chi connectivity index (χ3v) is 5.73. The van der Waals surface area contributed by atoms with Crippen LogP contribution in [0.25, 0.3) is 22.4 Å². The lowest BCUT2D eigenvalue weighted by molar-refractivity contribution is -0.384. The summed E-state index contributed by atoms with van der Waals surface area (Å²) < 4.78 is 5.75. The maximum absolute atomic E-state index is 12.3. The second-order valence-electron chi connectivity index (χ2n) is 6.58. The number of furan rings is 1. The van der Waals surface area contributed by atoms with Crippen LogP contribution >= 0.6 is 22.9 Å². The molecule has 0 aliphatic rings. The number of amides is 1. The molecule has 1 N–H and O–H groups in total. The van der Waals surface area contributed by atoms with Crippen molar-refractivity contribution >= 4 is 45.6 Å². The van der Waals surface area contributed by atoms with Gasteiger partial charge in [0.15, 0.2) is 5.01 Å². The lowest BCUT2D eigenvalue weighted by Crippen LogP contribution is -2.22. The van der Waals surface area contributed by atoms with Gasteiger partial charge in [-0.05, 0) is 29.8 Å². The summed E-state index contributed by atoms with van der Waals surface area (Å²) in [5.74, 6) is 0.669. The predicted octanol–water partition coefficient (Wildman–Crippen LogP) is 5.37. The van der Waals surface area contributed by atoms with Crippen molar-refractivity contribution in [3.8, 4) is 11.3 Å². The van der Waals surface area contributed by atoms with E-state index in [0.717, 1.165) is 16.9 Å². The van der Waals surface area contributed by atoms with Crippen LogP contribution in [-0.2, 0) is 6.54 Å². The zero-order valence-corrected chi connectivity index (χ0v) is 18.0. The Morgan fingerprint density at radius 3 is 2.50 bits per heavy atom. The molecule has 0 atom stereocenters. The van der Waals surface area contributed by atoms with Crippen LogP contribution in [0.15, 0.2) is 71.1 Å². The highest BCUT2D eigenvalue weighted by atomic mass is 35.5. The second-order valence-corrected chi connectivity index (χ2v) is 7.96. The van der Waals surface area contributed by atoms with Crippen molar-refractivity contribution in [2.45, 2.75) is 6.54 Å². The molecule has 4 rings (SSSR count). The van der Waals surface area contributed by atoms with Gasteiger partial charge in [0.25, 0.3) is 11.6 Å². The summed E-state index contributed by atoms with van der Waals surface area (Å²) >= 11 is 7.42. The van der Waals surface area contributed by atoms with Crippen LogP contribution in [0.5, 0.6) is 0 Å². The number of nitro benzene ring substituents is 1. The summed E-state index contributed by atoms with van der Waals surface area (Å²) in [6.45, 7) is 0.385. The summed E-state index contributed by atoms with van der Waals surface area (Å²) in [6, 6.07) is 19.0. The number of halogens is 1. The molecule has 2 aromatic carbocycles. The van der Waals surface area contributed by atoms with Crippen LogP contribution in [0, 0.1) is 10.1 Å². The van der Waals surface area contributed by atoms with Crippen LogP contribution in [0.1, 0.15) is 26.1 Å². The summed E-state index contributed by atoms with van der Waals surface area (Å²) in [7, 11) is 0. The largest absolute Gasteiger partial charge is 0.457 e. The first-order valence-electron chi connectivity index (χ1n) is 9.37. The summed E-state index contributed by atoms with van der Waals surface area (Å²) in [6.07, 6.45) is 1.57. The number of nitrogens with one attached hydrogen (secondary N) is 1. The monoisotopic (exact) mass is 466 g/mol. The van der Waals surface area contributed by atoms with Gasteiger partial charge in [0.05, 0.1) is 9.96 Å². The fourth-order valence-electron chi connectivity index (χ4n) is 2.78. The van der Waals surface area contributed by atoms with E-state index in [1.807, 2.05) is 30.3 Å². The molecule has 4 aromatic rings. The molecule has 10 heteroatoms. The van der Waals surface area contributed by atoms with Gasteiger partial charge >= 0.3 is 0 Å². The maximum Gasteiger partial charge on any atom is 0.282 e. The lowest BCUT2D eigenvalue weighted by Gasteiger charge is -2.01. The highest BCUT2D eigenvalue weighted by Crippen LogP contribution is 2.29. The van der Waals surface area contributed by atoms with E-state index in [9.17, 15) is 14.9 Å². The number of hydrogen-bond donors (Lipinski definition) is 1. The van der Waals surface area contributed by atoms with Gasteiger partial charge in [0.1, 0.15) is 11.5 Å². The Labute approximate surface area is 191 Å². The smallest absolute Gasteiger partial charge is 0.282 e. The van der Waals surface area contributed by atoms with Crippen LogP contribution in [0.4, 0.5) is 5.69 Å². The van der Waals surface area contributed by atoms with Crippen molar-refractivity contribution in [3.05, 3.63) is 98.2 Å². The van der Waals surface area contributed by atoms with Gasteiger partial charge in [0, 0.05) is 30.3 Å². The molecule has 0 unspecified atom stereocenters. The van der Waals surface area contributed by atoms with Gasteiger partial charge < -0.3 is 9.73 Å². The molecule has 160 valence electrons. The number of nitro groups is 1. The van der Waals surface area contributed by atoms with Gasteiger partial charge in [-0.3, -0.25) is 14.9 Å². The molecule has 0 saturated carbocycles. The summed E-state index contributed by atoms with van der Waals surface area (Å²) in [5, 5.41) is 22.3. The molecule has 0 radical (unpaired) electrons. The molecule has 0 saturated heterocycles. The number of carbonyl (C=O) groups excluding carboxylic acids is 1. The van der Waals surface area contributed by atoms with E-state index in [4.69, 9.17) is 16.0 Å². The van der Waals surface area contributed by atoms with Crippen molar-refractivity contribution in [2.24, 2.45) is 0 Å². The van der Waals surface area contributed by atoms with Crippen LogP contribution < -0.4 is 5.32 Å². The molecule has 32 heavy (non-hydrogen) atoms. The minimum atomic E-state index is -0.460. The number of benzene rings is 2. The van der Waals surface area contributed by atoms with E-state index in [1.54, 1.807) is 30.3 Å². The number of non-ortho nitro benzene ring substituents is 1. The Morgan fingerprint density at radius 2 is 1.78 bits per heavy atom. The third-order valence-electron chi connectivity index (χ3n) is 4.38. The fraction of sp³-hybridized carbons (Fsp3) is 0.0455. The Kier molecular flexibility index (Phi) is 6.39. The fourth-order valence-corrected chi connectivity index (χ4v) is 3.71. The minimum absolute atomic E-state index is 0.00310. The van der Waals surface area contributed by atoms with E-state index in [-0.39, 0.29) is 21.6 Å². The minimum Gasteiger partial charge on any atom is -0.457 e. The zero-order chi connectivity index (χ0) is 22.5. The normalized spacial score (nSPS) is 11.3. The molecule has 2 aromatic heterocycles. The zero-order valence-electron chi connectivity index (χ0n) is 16.4. The molecular weight excluding hydrogens is 452 g/mol. The molecule has 0 fully saturated rings. The average molecular weight is 467 g/mol. The lowest BCUT2D eigenvalue weighted by atomic mass is 10.1. The van der Waals surface area contributed by atoms with Gasteiger partial charge in [-0.1, -0.05) is 53.3 Å². The summed E-state index contributed by atoms with van der Waals surface area (Å²) in [4.78, 5) is 22.6. The van der Waals surface area contributed by atoms with E-state index >= 15 is 0 Å².